The number of hydrazone groups is 1. The largest absolute Gasteiger partial charge is 0.279 e. The lowest BCUT2D eigenvalue weighted by Gasteiger charge is -2.03. The molecule has 0 radical (unpaired) electrons. The van der Waals surface area contributed by atoms with Crippen LogP contribution in [0.3, 0.4) is 0 Å². The molecular weight excluding hydrogens is 346 g/mol. The molecule has 0 saturated heterocycles. The van der Waals surface area contributed by atoms with E-state index in [1.165, 1.54) is 12.1 Å². The van der Waals surface area contributed by atoms with Crippen LogP contribution in [0.1, 0.15) is 5.82 Å². The maximum Gasteiger partial charge on any atom is 0.269 e. The van der Waals surface area contributed by atoms with Crippen molar-refractivity contribution in [3.63, 3.8) is 0 Å². The van der Waals surface area contributed by atoms with Crippen LogP contribution in [-0.2, 0) is 6.42 Å². The molecule has 1 heterocycles. The number of tetrazole rings is 1. The van der Waals surface area contributed by atoms with Gasteiger partial charge in [-0.15, -0.1) is 5.10 Å². The Morgan fingerprint density at radius 2 is 1.92 bits per heavy atom. The first-order chi connectivity index (χ1) is 12.1. The molecule has 0 bridgehead atoms. The average molecular weight is 358 g/mol. The van der Waals surface area contributed by atoms with E-state index in [1.807, 2.05) is 12.1 Å². The highest BCUT2D eigenvalue weighted by Crippen LogP contribution is 2.15. The molecule has 1 aromatic heterocycles. The third-order valence-electron chi connectivity index (χ3n) is 3.24. The fraction of sp³-hybridized carbons (Fsp3) is 0.0667. The minimum Gasteiger partial charge on any atom is -0.279 e. The molecule has 0 spiro atoms. The summed E-state index contributed by atoms with van der Waals surface area (Å²) in [5.41, 5.74) is 4.25. The molecule has 0 unspecified atom stereocenters. The van der Waals surface area contributed by atoms with Crippen molar-refractivity contribution in [2.45, 2.75) is 6.42 Å². The zero-order valence-corrected chi connectivity index (χ0v) is 13.5. The van der Waals surface area contributed by atoms with Gasteiger partial charge in [-0.05, 0) is 46.8 Å². The van der Waals surface area contributed by atoms with Crippen LogP contribution in [0.15, 0.2) is 53.6 Å². The van der Waals surface area contributed by atoms with Gasteiger partial charge in [0.1, 0.15) is 0 Å². The van der Waals surface area contributed by atoms with Gasteiger partial charge in [-0.2, -0.15) is 9.78 Å². The van der Waals surface area contributed by atoms with E-state index in [2.05, 4.69) is 26.1 Å². The van der Waals surface area contributed by atoms with E-state index in [4.69, 9.17) is 11.6 Å². The number of nitrogens with one attached hydrogen (secondary N) is 1. The van der Waals surface area contributed by atoms with Gasteiger partial charge in [0, 0.05) is 29.8 Å². The van der Waals surface area contributed by atoms with Gasteiger partial charge in [0.25, 0.3) is 5.69 Å². The Labute approximate surface area is 147 Å². The van der Waals surface area contributed by atoms with Crippen LogP contribution in [0.2, 0.25) is 5.02 Å². The van der Waals surface area contributed by atoms with Crippen LogP contribution in [0, 0.1) is 10.1 Å². The predicted molar refractivity (Wildman–Crippen MR) is 93.1 cm³/mol. The van der Waals surface area contributed by atoms with Crippen LogP contribution in [0.4, 0.5) is 11.4 Å². The summed E-state index contributed by atoms with van der Waals surface area (Å²) >= 11 is 5.87. The van der Waals surface area contributed by atoms with Gasteiger partial charge in [0.15, 0.2) is 5.82 Å². The first kappa shape index (κ1) is 16.5. The normalized spacial score (nSPS) is 10.9. The monoisotopic (exact) mass is 357 g/mol. The standard InChI is InChI=1S/C15H12ClN7O2/c16-11-1-5-13(6-2-11)22-15(19-20-21-22)9-10-17-18-12-3-7-14(8-4-12)23(24)25/h1-8,10,18H,9H2. The van der Waals surface area contributed by atoms with Gasteiger partial charge in [-0.1, -0.05) is 11.6 Å². The molecule has 0 aliphatic rings. The Morgan fingerprint density at radius 1 is 1.20 bits per heavy atom. The molecular formula is C15H12ClN7O2. The minimum atomic E-state index is -0.455. The van der Waals surface area contributed by atoms with Crippen LogP contribution in [0.25, 0.3) is 5.69 Å². The SMILES string of the molecule is O=[N+]([O-])c1ccc(NN=CCc2nnnn2-c2ccc(Cl)cc2)cc1. The molecule has 25 heavy (non-hydrogen) atoms. The number of hydrogen-bond donors (Lipinski definition) is 1. The first-order valence-electron chi connectivity index (χ1n) is 7.18. The molecule has 126 valence electrons. The fourth-order valence-electron chi connectivity index (χ4n) is 2.02. The summed E-state index contributed by atoms with van der Waals surface area (Å²) in [5, 5.41) is 26.9. The molecule has 1 N–H and O–H groups in total. The molecule has 0 saturated carbocycles. The van der Waals surface area contributed by atoms with Crippen molar-refractivity contribution in [1.82, 2.24) is 20.2 Å². The van der Waals surface area contributed by atoms with E-state index in [0.29, 0.717) is 23.0 Å². The second-order valence-corrected chi connectivity index (χ2v) is 5.35. The molecule has 9 nitrogen and oxygen atoms in total. The number of aromatic nitrogens is 4. The summed E-state index contributed by atoms with van der Waals surface area (Å²) in [6.45, 7) is 0. The van der Waals surface area contributed by atoms with Crippen molar-refractivity contribution in [3.05, 3.63) is 69.5 Å². The molecule has 0 amide bonds. The maximum absolute atomic E-state index is 10.6. The van der Waals surface area contributed by atoms with Crippen LogP contribution >= 0.6 is 11.6 Å². The third-order valence-corrected chi connectivity index (χ3v) is 3.49. The van der Waals surface area contributed by atoms with Crippen molar-refractivity contribution in [1.29, 1.82) is 0 Å². The molecule has 0 fully saturated rings. The molecule has 0 aliphatic carbocycles. The van der Waals surface area contributed by atoms with Crippen molar-refractivity contribution < 1.29 is 4.92 Å². The van der Waals surface area contributed by atoms with Gasteiger partial charge in [0.05, 0.1) is 16.3 Å². The van der Waals surface area contributed by atoms with E-state index >= 15 is 0 Å². The number of nitro groups is 1. The smallest absolute Gasteiger partial charge is 0.269 e. The Balaban J connectivity index is 1.62. The third kappa shape index (κ3) is 4.15. The van der Waals surface area contributed by atoms with E-state index in [1.54, 1.807) is 35.2 Å². The predicted octanol–water partition coefficient (Wildman–Crippen LogP) is 2.86. The number of benzene rings is 2. The molecule has 0 atom stereocenters. The quantitative estimate of drug-likeness (QED) is 0.412. The summed E-state index contributed by atoms with van der Waals surface area (Å²) in [5.74, 6) is 0.608. The zero-order valence-electron chi connectivity index (χ0n) is 12.8. The lowest BCUT2D eigenvalue weighted by Crippen LogP contribution is -2.04. The molecule has 3 aromatic rings. The van der Waals surface area contributed by atoms with E-state index in [0.717, 1.165) is 5.69 Å². The summed E-state index contributed by atoms with van der Waals surface area (Å²) < 4.78 is 1.59. The summed E-state index contributed by atoms with van der Waals surface area (Å²) in [7, 11) is 0. The van der Waals surface area contributed by atoms with Gasteiger partial charge >= 0.3 is 0 Å². The van der Waals surface area contributed by atoms with Gasteiger partial charge < -0.3 is 0 Å². The maximum atomic E-state index is 10.6. The first-order valence-corrected chi connectivity index (χ1v) is 7.56. The number of non-ortho nitro benzene ring substituents is 1. The van der Waals surface area contributed by atoms with Crippen LogP contribution < -0.4 is 5.43 Å². The van der Waals surface area contributed by atoms with Crippen molar-refractivity contribution >= 4 is 29.2 Å². The average Bonchev–Trinajstić information content (AvgIpc) is 3.08. The van der Waals surface area contributed by atoms with Crippen molar-refractivity contribution in [3.8, 4) is 5.69 Å². The highest BCUT2D eigenvalue weighted by atomic mass is 35.5. The topological polar surface area (TPSA) is 111 Å². The summed E-state index contributed by atoms with van der Waals surface area (Å²) in [4.78, 5) is 10.1. The highest BCUT2D eigenvalue weighted by Gasteiger charge is 2.07. The van der Waals surface area contributed by atoms with Crippen molar-refractivity contribution in [2.75, 3.05) is 5.43 Å². The Morgan fingerprint density at radius 3 is 2.60 bits per heavy atom. The number of anilines is 1. The van der Waals surface area contributed by atoms with Crippen LogP contribution in [-0.4, -0.2) is 31.3 Å². The second kappa shape index (κ2) is 7.49. The zero-order chi connectivity index (χ0) is 17.6. The van der Waals surface area contributed by atoms with Gasteiger partial charge in [0.2, 0.25) is 0 Å². The lowest BCUT2D eigenvalue weighted by atomic mass is 10.3. The second-order valence-electron chi connectivity index (χ2n) is 4.91. The van der Waals surface area contributed by atoms with Gasteiger partial charge in [-0.3, -0.25) is 15.5 Å². The summed E-state index contributed by atoms with van der Waals surface area (Å²) in [6.07, 6.45) is 2.01. The number of nitrogens with zero attached hydrogens (tertiary/aromatic N) is 6. The summed E-state index contributed by atoms with van der Waals surface area (Å²) in [6, 6.07) is 13.1. The Hall–Kier alpha value is -3.33. The highest BCUT2D eigenvalue weighted by molar-refractivity contribution is 6.30. The molecule has 10 heteroatoms. The molecule has 0 aliphatic heterocycles. The van der Waals surface area contributed by atoms with Crippen LogP contribution in [0.5, 0.6) is 0 Å². The number of halogens is 1. The Kier molecular flexibility index (Phi) is 4.95. The number of nitro benzene ring substituents is 1. The van der Waals surface area contributed by atoms with Crippen molar-refractivity contribution in [2.24, 2.45) is 5.10 Å². The van der Waals surface area contributed by atoms with E-state index in [-0.39, 0.29) is 5.69 Å². The lowest BCUT2D eigenvalue weighted by molar-refractivity contribution is -0.384. The Bertz CT molecular complexity index is 891. The fourth-order valence-corrected chi connectivity index (χ4v) is 2.15. The molecule has 2 aromatic carbocycles. The number of rotatable bonds is 6. The van der Waals surface area contributed by atoms with Gasteiger partial charge in [-0.25, -0.2) is 0 Å². The minimum absolute atomic E-state index is 0.0247. The molecule has 3 rings (SSSR count). The van der Waals surface area contributed by atoms with E-state index in [9.17, 15) is 10.1 Å². The van der Waals surface area contributed by atoms with E-state index < -0.39 is 4.92 Å². The number of hydrogen-bond acceptors (Lipinski definition) is 7.